The van der Waals surface area contributed by atoms with Gasteiger partial charge >= 0.3 is 0 Å². The van der Waals surface area contributed by atoms with Gasteiger partial charge in [-0.2, -0.15) is 0 Å². The first kappa shape index (κ1) is 20.2. The molecule has 2 nitrogen and oxygen atoms in total. The van der Waals surface area contributed by atoms with E-state index in [0.717, 1.165) is 11.5 Å². The number of fused-ring (bicyclic) bond motifs is 2. The molecule has 2 aromatic rings. The summed E-state index contributed by atoms with van der Waals surface area (Å²) in [6, 6.07) is 13.2. The first-order chi connectivity index (χ1) is 13.0. The average Bonchev–Trinajstić information content (AvgIpc) is 3.08. The zero-order chi connectivity index (χ0) is 20.4. The van der Waals surface area contributed by atoms with Crippen LogP contribution >= 0.6 is 15.8 Å². The molecule has 0 bridgehead atoms. The smallest absolute Gasteiger partial charge is 0.128 e. The van der Waals surface area contributed by atoms with E-state index in [1.165, 1.54) is 21.7 Å². The third kappa shape index (κ3) is 3.18. The number of rotatable bonds is 1. The third-order valence-corrected chi connectivity index (χ3v) is 12.0. The van der Waals surface area contributed by atoms with Crippen LogP contribution in [0.15, 0.2) is 36.4 Å². The Morgan fingerprint density at radius 2 is 1.00 bits per heavy atom. The van der Waals surface area contributed by atoms with Gasteiger partial charge in [0.2, 0.25) is 0 Å². The Kier molecular flexibility index (Phi) is 4.84. The lowest BCUT2D eigenvalue weighted by Crippen LogP contribution is -2.25. The van der Waals surface area contributed by atoms with Crippen LogP contribution in [0.1, 0.15) is 55.4 Å². The molecular weight excluding hydrogens is 382 g/mol. The topological polar surface area (TPSA) is 18.5 Å². The van der Waals surface area contributed by atoms with Crippen molar-refractivity contribution in [3.63, 3.8) is 0 Å². The summed E-state index contributed by atoms with van der Waals surface area (Å²) in [5.41, 5.74) is 2.71. The van der Waals surface area contributed by atoms with Crippen LogP contribution in [-0.2, 0) is 0 Å². The maximum Gasteiger partial charge on any atom is 0.128 e. The zero-order valence-corrected chi connectivity index (χ0v) is 20.1. The van der Waals surface area contributed by atoms with Gasteiger partial charge in [0, 0.05) is 10.6 Å². The van der Waals surface area contributed by atoms with Gasteiger partial charge in [0.1, 0.15) is 23.2 Å². The van der Waals surface area contributed by atoms with Crippen LogP contribution in [0.25, 0.3) is 11.1 Å². The minimum atomic E-state index is -0.424. The second-order valence-electron chi connectivity index (χ2n) is 9.82. The average molecular weight is 414 g/mol. The van der Waals surface area contributed by atoms with Crippen molar-refractivity contribution in [3.05, 3.63) is 36.4 Å². The molecule has 0 saturated carbocycles. The Bertz CT molecular complexity index is 832. The minimum Gasteiger partial charge on any atom is -0.485 e. The molecule has 0 spiro atoms. The summed E-state index contributed by atoms with van der Waals surface area (Å²) in [5.74, 6) is 2.66. The summed E-state index contributed by atoms with van der Waals surface area (Å²) >= 11 is 0. The molecule has 2 aliphatic rings. The van der Waals surface area contributed by atoms with Crippen LogP contribution in [0.3, 0.4) is 0 Å². The van der Waals surface area contributed by atoms with Crippen LogP contribution in [0.2, 0.25) is 0 Å². The van der Waals surface area contributed by atoms with Crippen LogP contribution in [0.4, 0.5) is 0 Å². The van der Waals surface area contributed by atoms with Gasteiger partial charge in [0.25, 0.3) is 0 Å². The van der Waals surface area contributed by atoms with E-state index in [1.807, 2.05) is 0 Å². The van der Waals surface area contributed by atoms with E-state index < -0.39 is 15.8 Å². The Hall–Kier alpha value is -1.10. The molecule has 4 rings (SSSR count). The molecule has 2 heterocycles. The number of hydrogen-bond donors (Lipinski definition) is 0. The molecule has 2 aromatic carbocycles. The monoisotopic (exact) mass is 414 g/mol. The predicted molar refractivity (Wildman–Crippen MR) is 125 cm³/mol. The lowest BCUT2D eigenvalue weighted by molar-refractivity contribution is 0.312. The van der Waals surface area contributed by atoms with Crippen LogP contribution in [-0.4, -0.2) is 22.0 Å². The molecule has 4 unspecified atom stereocenters. The Morgan fingerprint density at radius 1 is 0.643 bits per heavy atom. The number of ether oxygens (including phenoxy) is 2. The second kappa shape index (κ2) is 6.72. The first-order valence-corrected chi connectivity index (χ1v) is 13.0. The third-order valence-electron chi connectivity index (χ3n) is 5.54. The van der Waals surface area contributed by atoms with Gasteiger partial charge < -0.3 is 9.47 Å². The maximum atomic E-state index is 6.35. The lowest BCUT2D eigenvalue weighted by atomic mass is 10.0. The molecule has 0 N–H and O–H groups in total. The molecule has 4 atom stereocenters. The predicted octanol–water partition coefficient (Wildman–Crippen LogP) is 6.64. The fourth-order valence-corrected chi connectivity index (χ4v) is 11.1. The van der Waals surface area contributed by atoms with Crippen molar-refractivity contribution in [1.82, 2.24) is 0 Å². The van der Waals surface area contributed by atoms with Gasteiger partial charge in [0.15, 0.2) is 0 Å². The molecule has 28 heavy (non-hydrogen) atoms. The van der Waals surface area contributed by atoms with Crippen LogP contribution in [0.5, 0.6) is 11.5 Å². The molecule has 4 heteroatoms. The summed E-state index contributed by atoms with van der Waals surface area (Å²) in [7, 11) is -0.847. The fourth-order valence-electron chi connectivity index (χ4n) is 4.76. The highest BCUT2D eigenvalue weighted by atomic mass is 31.1. The van der Waals surface area contributed by atoms with Gasteiger partial charge in [-0.25, -0.2) is 0 Å². The largest absolute Gasteiger partial charge is 0.485 e. The highest BCUT2D eigenvalue weighted by Crippen LogP contribution is 2.62. The van der Waals surface area contributed by atoms with Crippen molar-refractivity contribution in [3.8, 4) is 22.6 Å². The summed E-state index contributed by atoms with van der Waals surface area (Å²) in [4.78, 5) is 0. The van der Waals surface area contributed by atoms with Crippen molar-refractivity contribution < 1.29 is 9.47 Å². The molecule has 0 fully saturated rings. The fraction of sp³-hybridized carbons (Fsp3) is 0.500. The Morgan fingerprint density at radius 3 is 1.32 bits per heavy atom. The molecule has 150 valence electrons. The summed E-state index contributed by atoms with van der Waals surface area (Å²) in [5, 5.41) is 3.28. The summed E-state index contributed by atoms with van der Waals surface area (Å²) in [6.45, 7) is 18.6. The van der Waals surface area contributed by atoms with E-state index in [0.29, 0.717) is 0 Å². The minimum absolute atomic E-state index is 0.201. The van der Waals surface area contributed by atoms with E-state index in [9.17, 15) is 0 Å². The van der Waals surface area contributed by atoms with E-state index in [1.54, 1.807) is 0 Å². The van der Waals surface area contributed by atoms with Crippen molar-refractivity contribution in [2.75, 3.05) is 0 Å². The van der Waals surface area contributed by atoms with Crippen molar-refractivity contribution in [2.45, 2.75) is 77.4 Å². The Balaban J connectivity index is 1.96. The summed E-state index contributed by atoms with van der Waals surface area (Å²) in [6.07, 6.45) is 0. The molecule has 0 aliphatic carbocycles. The molecule has 0 aromatic heterocycles. The van der Waals surface area contributed by atoms with Crippen molar-refractivity contribution in [2.24, 2.45) is 0 Å². The molecule has 0 amide bonds. The van der Waals surface area contributed by atoms with Gasteiger partial charge in [-0.15, -0.1) is 0 Å². The highest BCUT2D eigenvalue weighted by molar-refractivity contribution is 7.69. The standard InChI is InChI=1S/C24H32O2P2/c1-15-25-19-13-9-11-17(21(19)27(15)23(3,4)5)18-12-10-14-20-22(18)28(16(2)26-20)24(6,7)8/h9-16H,1-8H3. The van der Waals surface area contributed by atoms with Gasteiger partial charge in [0.05, 0.1) is 0 Å². The van der Waals surface area contributed by atoms with E-state index in [4.69, 9.17) is 9.47 Å². The van der Waals surface area contributed by atoms with E-state index in [2.05, 4.69) is 91.8 Å². The van der Waals surface area contributed by atoms with Gasteiger partial charge in [-0.05, 0) is 63.3 Å². The summed E-state index contributed by atoms with van der Waals surface area (Å²) < 4.78 is 12.7. The zero-order valence-electron chi connectivity index (χ0n) is 18.3. The quantitative estimate of drug-likeness (QED) is 0.487. The molecule has 0 saturated heterocycles. The normalized spacial score (nSPS) is 26.4. The van der Waals surface area contributed by atoms with Crippen LogP contribution in [0, 0.1) is 0 Å². The number of hydrogen-bond acceptors (Lipinski definition) is 2. The molecule has 0 radical (unpaired) electrons. The van der Waals surface area contributed by atoms with E-state index >= 15 is 0 Å². The van der Waals surface area contributed by atoms with Crippen molar-refractivity contribution in [1.29, 1.82) is 0 Å². The molecule has 2 aliphatic heterocycles. The maximum absolute atomic E-state index is 6.35. The van der Waals surface area contributed by atoms with Crippen molar-refractivity contribution >= 4 is 26.5 Å². The Labute approximate surface area is 172 Å². The van der Waals surface area contributed by atoms with Crippen LogP contribution < -0.4 is 20.1 Å². The van der Waals surface area contributed by atoms with E-state index in [-0.39, 0.29) is 22.0 Å². The SMILES string of the molecule is CC1Oc2cccc(-c3cccc4c3P(C(C)(C)C)C(C)O4)c2P1C(C)(C)C. The lowest BCUT2D eigenvalue weighted by Gasteiger charge is -2.33. The number of benzene rings is 2. The van der Waals surface area contributed by atoms with Gasteiger partial charge in [-0.3, -0.25) is 0 Å². The first-order valence-electron chi connectivity index (χ1n) is 10.2. The molecular formula is C24H32O2P2. The van der Waals surface area contributed by atoms with Gasteiger partial charge in [-0.1, -0.05) is 65.8 Å². The second-order valence-corrected chi connectivity index (χ2v) is 16.3. The highest BCUT2D eigenvalue weighted by Gasteiger charge is 2.44.